The molecule has 2 rings (SSSR count). The second kappa shape index (κ2) is 4.02. The quantitative estimate of drug-likeness (QED) is 0.607. The molecule has 0 unspecified atom stereocenters. The summed E-state index contributed by atoms with van der Waals surface area (Å²) < 4.78 is 5.39. The number of rotatable bonds is 0. The van der Waals surface area contributed by atoms with Crippen molar-refractivity contribution in [3.63, 3.8) is 0 Å². The van der Waals surface area contributed by atoms with Gasteiger partial charge in [0.05, 0.1) is 5.54 Å². The Hall–Kier alpha value is -1.75. The maximum atomic E-state index is 5.39. The Morgan fingerprint density at radius 2 is 1.88 bits per heavy atom. The van der Waals surface area contributed by atoms with Crippen molar-refractivity contribution in [3.8, 4) is 11.8 Å². The molecule has 0 atom stereocenters. The monoisotopic (exact) mass is 213 g/mol. The van der Waals surface area contributed by atoms with Crippen molar-refractivity contribution >= 4 is 5.90 Å². The van der Waals surface area contributed by atoms with Crippen LogP contribution in [0.15, 0.2) is 29.3 Å². The Labute approximate surface area is 96.4 Å². The van der Waals surface area contributed by atoms with Gasteiger partial charge in [0.1, 0.15) is 6.61 Å². The van der Waals surface area contributed by atoms with Gasteiger partial charge in [-0.2, -0.15) is 0 Å². The minimum absolute atomic E-state index is 0.128. The molecule has 0 radical (unpaired) electrons. The molecule has 1 aliphatic rings. The maximum Gasteiger partial charge on any atom is 0.264 e. The van der Waals surface area contributed by atoms with E-state index in [1.165, 1.54) is 5.56 Å². The predicted molar refractivity (Wildman–Crippen MR) is 65.5 cm³/mol. The molecule has 0 N–H and O–H groups in total. The van der Waals surface area contributed by atoms with Gasteiger partial charge in [0.25, 0.3) is 5.90 Å². The Bertz CT molecular complexity index is 472. The van der Waals surface area contributed by atoms with Crippen LogP contribution in [0, 0.1) is 18.8 Å². The molecule has 2 nitrogen and oxygen atoms in total. The van der Waals surface area contributed by atoms with Crippen LogP contribution in [0.1, 0.15) is 25.0 Å². The molecule has 1 heterocycles. The molecule has 0 saturated heterocycles. The molecule has 1 aliphatic heterocycles. The molecule has 1 aromatic rings. The van der Waals surface area contributed by atoms with Crippen LogP contribution in [0.2, 0.25) is 0 Å². The summed E-state index contributed by atoms with van der Waals surface area (Å²) in [5.74, 6) is 6.54. The summed E-state index contributed by atoms with van der Waals surface area (Å²) in [6.45, 7) is 6.75. The number of aryl methyl sites for hydroxylation is 1. The van der Waals surface area contributed by atoms with Gasteiger partial charge in [-0.15, -0.1) is 0 Å². The van der Waals surface area contributed by atoms with Crippen molar-refractivity contribution in [2.24, 2.45) is 4.99 Å². The van der Waals surface area contributed by atoms with Gasteiger partial charge < -0.3 is 4.74 Å². The van der Waals surface area contributed by atoms with Gasteiger partial charge in [-0.1, -0.05) is 23.6 Å². The second-order valence-electron chi connectivity index (χ2n) is 4.63. The van der Waals surface area contributed by atoms with Crippen LogP contribution >= 0.6 is 0 Å². The molecule has 0 aliphatic carbocycles. The van der Waals surface area contributed by atoms with Crippen molar-refractivity contribution in [1.29, 1.82) is 0 Å². The van der Waals surface area contributed by atoms with Crippen molar-refractivity contribution in [1.82, 2.24) is 0 Å². The molecule has 2 heteroatoms. The summed E-state index contributed by atoms with van der Waals surface area (Å²) in [5, 5.41) is 0. The molecule has 0 aromatic heterocycles. The fourth-order valence-electron chi connectivity index (χ4n) is 1.41. The summed E-state index contributed by atoms with van der Waals surface area (Å²) in [5.41, 5.74) is 2.10. The van der Waals surface area contributed by atoms with Gasteiger partial charge in [-0.3, -0.25) is 0 Å². The van der Waals surface area contributed by atoms with Crippen LogP contribution in [0.4, 0.5) is 0 Å². The van der Waals surface area contributed by atoms with Crippen molar-refractivity contribution in [2.45, 2.75) is 26.3 Å². The molecule has 82 valence electrons. The molecule has 0 saturated carbocycles. The molecule has 16 heavy (non-hydrogen) atoms. The molecular weight excluding hydrogens is 198 g/mol. The van der Waals surface area contributed by atoms with Gasteiger partial charge in [0.15, 0.2) is 0 Å². The highest BCUT2D eigenvalue weighted by molar-refractivity contribution is 5.95. The lowest BCUT2D eigenvalue weighted by Crippen LogP contribution is -2.17. The standard InChI is InChI=1S/C14H15NO/c1-11-4-6-12(7-5-11)8-9-13-15-14(2,3)10-16-13/h4-7H,10H2,1-3H3. The maximum absolute atomic E-state index is 5.39. The zero-order valence-electron chi connectivity index (χ0n) is 9.87. The summed E-state index contributed by atoms with van der Waals surface area (Å²) >= 11 is 0. The van der Waals surface area contributed by atoms with E-state index in [1.807, 2.05) is 38.1 Å². The van der Waals surface area contributed by atoms with Crippen molar-refractivity contribution in [2.75, 3.05) is 6.61 Å². The minimum Gasteiger partial charge on any atom is -0.469 e. The normalized spacial score (nSPS) is 17.1. The first-order valence-electron chi connectivity index (χ1n) is 5.36. The van der Waals surface area contributed by atoms with E-state index in [0.717, 1.165) is 5.56 Å². The number of nitrogens with zero attached hydrogens (tertiary/aromatic N) is 1. The van der Waals surface area contributed by atoms with Crippen molar-refractivity contribution in [3.05, 3.63) is 35.4 Å². The number of hydrogen-bond donors (Lipinski definition) is 0. The number of ether oxygens (including phenoxy) is 1. The summed E-state index contributed by atoms with van der Waals surface area (Å²) in [7, 11) is 0. The van der Waals surface area contributed by atoms with E-state index in [2.05, 4.69) is 23.8 Å². The molecule has 0 fully saturated rings. The van der Waals surface area contributed by atoms with E-state index >= 15 is 0 Å². The highest BCUT2D eigenvalue weighted by atomic mass is 16.5. The smallest absolute Gasteiger partial charge is 0.264 e. The lowest BCUT2D eigenvalue weighted by atomic mass is 10.1. The van der Waals surface area contributed by atoms with Crippen LogP contribution < -0.4 is 0 Å². The Morgan fingerprint density at radius 1 is 1.19 bits per heavy atom. The Kier molecular flexibility index (Phi) is 2.70. The van der Waals surface area contributed by atoms with Gasteiger partial charge in [-0.25, -0.2) is 4.99 Å². The Balaban J connectivity index is 2.14. The van der Waals surface area contributed by atoms with Crippen LogP contribution in [0.3, 0.4) is 0 Å². The van der Waals surface area contributed by atoms with E-state index in [9.17, 15) is 0 Å². The zero-order valence-corrected chi connectivity index (χ0v) is 9.87. The van der Waals surface area contributed by atoms with Gasteiger partial charge in [-0.05, 0) is 38.8 Å². The molecule has 0 bridgehead atoms. The summed E-state index contributed by atoms with van der Waals surface area (Å²) in [6, 6.07) is 8.10. The average Bonchev–Trinajstić information content (AvgIpc) is 2.58. The van der Waals surface area contributed by atoms with Crippen LogP contribution in [0.5, 0.6) is 0 Å². The number of aliphatic imine (C=N–C) groups is 1. The van der Waals surface area contributed by atoms with Crippen molar-refractivity contribution < 1.29 is 4.74 Å². The van der Waals surface area contributed by atoms with Gasteiger partial charge >= 0.3 is 0 Å². The van der Waals surface area contributed by atoms with E-state index in [4.69, 9.17) is 4.74 Å². The molecular formula is C14H15NO. The topological polar surface area (TPSA) is 21.6 Å². The van der Waals surface area contributed by atoms with Crippen LogP contribution in [-0.2, 0) is 4.74 Å². The predicted octanol–water partition coefficient (Wildman–Crippen LogP) is 2.55. The summed E-state index contributed by atoms with van der Waals surface area (Å²) in [4.78, 5) is 4.37. The van der Waals surface area contributed by atoms with E-state index in [1.54, 1.807) is 0 Å². The van der Waals surface area contributed by atoms with E-state index in [-0.39, 0.29) is 5.54 Å². The molecule has 1 aromatic carbocycles. The minimum atomic E-state index is -0.128. The third-order valence-electron chi connectivity index (χ3n) is 2.33. The third-order valence-corrected chi connectivity index (χ3v) is 2.33. The fraction of sp³-hybridized carbons (Fsp3) is 0.357. The number of benzene rings is 1. The summed E-state index contributed by atoms with van der Waals surface area (Å²) in [6.07, 6.45) is 0. The highest BCUT2D eigenvalue weighted by Crippen LogP contribution is 2.16. The number of hydrogen-bond acceptors (Lipinski definition) is 2. The third kappa shape index (κ3) is 2.64. The second-order valence-corrected chi connectivity index (χ2v) is 4.63. The van der Waals surface area contributed by atoms with E-state index < -0.39 is 0 Å². The largest absolute Gasteiger partial charge is 0.469 e. The molecule has 0 spiro atoms. The average molecular weight is 213 g/mol. The first kappa shape index (κ1) is 10.8. The Morgan fingerprint density at radius 3 is 2.44 bits per heavy atom. The molecule has 0 amide bonds. The lowest BCUT2D eigenvalue weighted by molar-refractivity contribution is 0.281. The van der Waals surface area contributed by atoms with Gasteiger partial charge in [0, 0.05) is 5.56 Å². The SMILES string of the molecule is Cc1ccc(C#CC2=NC(C)(C)CO2)cc1. The zero-order chi connectivity index (χ0) is 11.6. The van der Waals surface area contributed by atoms with Crippen LogP contribution in [-0.4, -0.2) is 18.0 Å². The first-order valence-corrected chi connectivity index (χ1v) is 5.36. The highest BCUT2D eigenvalue weighted by Gasteiger charge is 2.24. The fourth-order valence-corrected chi connectivity index (χ4v) is 1.41. The van der Waals surface area contributed by atoms with Crippen LogP contribution in [0.25, 0.3) is 0 Å². The van der Waals surface area contributed by atoms with Gasteiger partial charge in [0.2, 0.25) is 0 Å². The first-order chi connectivity index (χ1) is 7.55. The van der Waals surface area contributed by atoms with E-state index in [0.29, 0.717) is 12.5 Å². The lowest BCUT2D eigenvalue weighted by Gasteiger charge is -2.07.